The third-order valence-electron chi connectivity index (χ3n) is 6.50. The number of fused-ring (bicyclic) bond motifs is 1. The first-order valence-electron chi connectivity index (χ1n) is 8.46. The van der Waals surface area contributed by atoms with Crippen molar-refractivity contribution in [2.24, 2.45) is 23.2 Å². The molecule has 6 rings (SSSR count). The van der Waals surface area contributed by atoms with Gasteiger partial charge in [0.25, 0.3) is 0 Å². The largest absolute Gasteiger partial charge is 0.372 e. The van der Waals surface area contributed by atoms with Gasteiger partial charge in [-0.3, -0.25) is 4.79 Å². The molecule has 0 spiro atoms. The molecule has 0 atom stereocenters. The van der Waals surface area contributed by atoms with E-state index in [1.165, 1.54) is 30.4 Å². The van der Waals surface area contributed by atoms with Gasteiger partial charge in [-0.15, -0.1) is 0 Å². The van der Waals surface area contributed by atoms with E-state index in [1.807, 2.05) is 0 Å². The lowest BCUT2D eigenvalue weighted by Gasteiger charge is -2.56. The fourth-order valence-electron chi connectivity index (χ4n) is 6.01. The molecule has 4 aliphatic carbocycles. The first-order valence-corrected chi connectivity index (χ1v) is 8.46. The van der Waals surface area contributed by atoms with Crippen molar-refractivity contribution in [3.63, 3.8) is 0 Å². The lowest BCUT2D eigenvalue weighted by molar-refractivity contribution is -0.0353. The maximum absolute atomic E-state index is 13.3. The van der Waals surface area contributed by atoms with Gasteiger partial charge in [-0.05, 0) is 73.5 Å². The molecule has 0 N–H and O–H groups in total. The molecule has 4 fully saturated rings. The average molecular weight is 282 g/mol. The summed E-state index contributed by atoms with van der Waals surface area (Å²) in [7, 11) is 0. The molecule has 2 nitrogen and oxygen atoms in total. The monoisotopic (exact) mass is 282 g/mol. The minimum absolute atomic E-state index is 0.0115. The van der Waals surface area contributed by atoms with Gasteiger partial charge in [-0.1, -0.05) is 12.1 Å². The van der Waals surface area contributed by atoms with Gasteiger partial charge >= 0.3 is 0 Å². The molecular formula is C19H22O2. The zero-order chi connectivity index (χ0) is 14.0. The Morgan fingerprint density at radius 2 is 1.57 bits per heavy atom. The number of carbonyl (C=O) groups excluding carboxylic acids is 1. The topological polar surface area (TPSA) is 26.3 Å². The summed E-state index contributed by atoms with van der Waals surface area (Å²) >= 11 is 0. The van der Waals surface area contributed by atoms with Crippen LogP contribution in [0.1, 0.15) is 60.0 Å². The van der Waals surface area contributed by atoms with E-state index in [0.717, 1.165) is 42.6 Å². The summed E-state index contributed by atoms with van der Waals surface area (Å²) in [6.07, 6.45) is 7.65. The lowest BCUT2D eigenvalue weighted by atomic mass is 9.48. The summed E-state index contributed by atoms with van der Waals surface area (Å²) in [5, 5.41) is 0. The van der Waals surface area contributed by atoms with Crippen LogP contribution >= 0.6 is 0 Å². The highest BCUT2D eigenvalue weighted by Crippen LogP contribution is 2.61. The van der Waals surface area contributed by atoms with Crippen molar-refractivity contribution in [1.29, 1.82) is 0 Å². The molecule has 0 radical (unpaired) electrons. The molecule has 4 saturated carbocycles. The van der Waals surface area contributed by atoms with Crippen molar-refractivity contribution < 1.29 is 9.53 Å². The van der Waals surface area contributed by atoms with Gasteiger partial charge in [-0.2, -0.15) is 0 Å². The molecular weight excluding hydrogens is 260 g/mol. The number of ketones is 1. The predicted octanol–water partition coefficient (Wildman–Crippen LogP) is 4.12. The maximum atomic E-state index is 13.3. The number of Topliss-reactive ketones (excluding diaryl/α,β-unsaturated/α-hetero) is 1. The van der Waals surface area contributed by atoms with Crippen LogP contribution in [0.5, 0.6) is 0 Å². The van der Waals surface area contributed by atoms with Gasteiger partial charge < -0.3 is 4.74 Å². The predicted molar refractivity (Wildman–Crippen MR) is 79.9 cm³/mol. The van der Waals surface area contributed by atoms with Gasteiger partial charge in [0.2, 0.25) is 0 Å². The lowest BCUT2D eigenvalue weighted by Crippen LogP contribution is -2.50. The SMILES string of the molecule is O=C(c1ccc2c(c1)COC2)C12CC3CC(CC(C3)C1)C2. The number of hydrogen-bond acceptors (Lipinski definition) is 2. The Hall–Kier alpha value is -1.15. The average Bonchev–Trinajstić information content (AvgIpc) is 2.92. The molecule has 4 bridgehead atoms. The Morgan fingerprint density at radius 1 is 0.952 bits per heavy atom. The number of carbonyl (C=O) groups is 1. The molecule has 1 aromatic rings. The van der Waals surface area contributed by atoms with E-state index < -0.39 is 0 Å². The normalized spacial score (nSPS) is 39.5. The van der Waals surface area contributed by atoms with E-state index in [2.05, 4.69) is 18.2 Å². The van der Waals surface area contributed by atoms with Crippen molar-refractivity contribution >= 4 is 5.78 Å². The fraction of sp³-hybridized carbons (Fsp3) is 0.632. The van der Waals surface area contributed by atoms with Gasteiger partial charge in [0.1, 0.15) is 0 Å². The van der Waals surface area contributed by atoms with E-state index >= 15 is 0 Å². The minimum atomic E-state index is -0.0115. The number of hydrogen-bond donors (Lipinski definition) is 0. The smallest absolute Gasteiger partial charge is 0.169 e. The van der Waals surface area contributed by atoms with Crippen LogP contribution in [-0.4, -0.2) is 5.78 Å². The number of ether oxygens (including phenoxy) is 1. The van der Waals surface area contributed by atoms with Crippen molar-refractivity contribution in [2.75, 3.05) is 0 Å². The number of rotatable bonds is 2. The molecule has 21 heavy (non-hydrogen) atoms. The molecule has 0 unspecified atom stereocenters. The van der Waals surface area contributed by atoms with Crippen molar-refractivity contribution in [1.82, 2.24) is 0 Å². The first kappa shape index (κ1) is 12.4. The molecule has 2 heteroatoms. The van der Waals surface area contributed by atoms with Gasteiger partial charge in [0.15, 0.2) is 5.78 Å². The van der Waals surface area contributed by atoms with Crippen LogP contribution in [0.3, 0.4) is 0 Å². The van der Waals surface area contributed by atoms with Gasteiger partial charge in [-0.25, -0.2) is 0 Å². The fourth-order valence-corrected chi connectivity index (χ4v) is 6.01. The van der Waals surface area contributed by atoms with Crippen LogP contribution in [0.25, 0.3) is 0 Å². The molecule has 1 aromatic carbocycles. The number of benzene rings is 1. The highest BCUT2D eigenvalue weighted by atomic mass is 16.5. The van der Waals surface area contributed by atoms with Crippen LogP contribution in [0, 0.1) is 23.2 Å². The van der Waals surface area contributed by atoms with Crippen LogP contribution in [-0.2, 0) is 18.0 Å². The van der Waals surface area contributed by atoms with Crippen LogP contribution in [0.4, 0.5) is 0 Å². The Balaban J connectivity index is 1.51. The Labute approximate surface area is 125 Å². The minimum Gasteiger partial charge on any atom is -0.372 e. The molecule has 0 saturated heterocycles. The highest BCUT2D eigenvalue weighted by molar-refractivity contribution is 6.01. The van der Waals surface area contributed by atoms with Crippen LogP contribution < -0.4 is 0 Å². The van der Waals surface area contributed by atoms with E-state index in [-0.39, 0.29) is 5.41 Å². The zero-order valence-corrected chi connectivity index (χ0v) is 12.4. The highest BCUT2D eigenvalue weighted by Gasteiger charge is 2.54. The van der Waals surface area contributed by atoms with E-state index in [1.54, 1.807) is 0 Å². The Bertz CT molecular complexity index is 581. The summed E-state index contributed by atoms with van der Waals surface area (Å²) < 4.78 is 5.49. The van der Waals surface area contributed by atoms with Crippen LogP contribution in [0.2, 0.25) is 0 Å². The van der Waals surface area contributed by atoms with E-state index in [0.29, 0.717) is 19.0 Å². The van der Waals surface area contributed by atoms with Crippen molar-refractivity contribution in [3.8, 4) is 0 Å². The first-order chi connectivity index (χ1) is 10.2. The van der Waals surface area contributed by atoms with E-state index in [9.17, 15) is 4.79 Å². The molecule has 0 amide bonds. The van der Waals surface area contributed by atoms with Crippen molar-refractivity contribution in [3.05, 3.63) is 34.9 Å². The third kappa shape index (κ3) is 1.78. The quantitative estimate of drug-likeness (QED) is 0.763. The molecule has 110 valence electrons. The standard InChI is InChI=1S/C19H22O2/c20-18(15-1-2-16-10-21-11-17(16)6-15)19-7-12-3-13(8-19)5-14(4-12)9-19/h1-2,6,12-14H,3-5,7-11H2. The molecule has 1 aliphatic heterocycles. The molecule has 1 heterocycles. The van der Waals surface area contributed by atoms with Gasteiger partial charge in [0, 0.05) is 11.0 Å². The summed E-state index contributed by atoms with van der Waals surface area (Å²) in [4.78, 5) is 13.3. The summed E-state index contributed by atoms with van der Waals surface area (Å²) in [6, 6.07) is 6.27. The molecule has 0 aromatic heterocycles. The Morgan fingerprint density at radius 3 is 2.24 bits per heavy atom. The second-order valence-electron chi connectivity index (χ2n) is 8.00. The second kappa shape index (κ2) is 4.19. The second-order valence-corrected chi connectivity index (χ2v) is 8.00. The zero-order valence-electron chi connectivity index (χ0n) is 12.4. The third-order valence-corrected chi connectivity index (χ3v) is 6.50. The summed E-state index contributed by atoms with van der Waals surface area (Å²) in [5.41, 5.74) is 3.42. The summed E-state index contributed by atoms with van der Waals surface area (Å²) in [5.74, 6) is 2.94. The summed E-state index contributed by atoms with van der Waals surface area (Å²) in [6.45, 7) is 1.39. The van der Waals surface area contributed by atoms with Crippen LogP contribution in [0.15, 0.2) is 18.2 Å². The Kier molecular flexibility index (Phi) is 2.48. The maximum Gasteiger partial charge on any atom is 0.169 e. The van der Waals surface area contributed by atoms with Gasteiger partial charge in [0.05, 0.1) is 13.2 Å². The van der Waals surface area contributed by atoms with Crippen molar-refractivity contribution in [2.45, 2.75) is 51.7 Å². The molecule has 5 aliphatic rings. The van der Waals surface area contributed by atoms with E-state index in [4.69, 9.17) is 4.74 Å².